The Labute approximate surface area is 131 Å². The van der Waals surface area contributed by atoms with E-state index in [1.165, 1.54) is 0 Å². The van der Waals surface area contributed by atoms with Crippen molar-refractivity contribution in [2.75, 3.05) is 19.8 Å². The summed E-state index contributed by atoms with van der Waals surface area (Å²) < 4.78 is 5.36. The van der Waals surface area contributed by atoms with E-state index in [2.05, 4.69) is 5.32 Å². The first-order valence-corrected chi connectivity index (χ1v) is 7.94. The Hall–Kier alpha value is -1.10. The number of hydrogen-bond acceptors (Lipinski definition) is 3. The highest BCUT2D eigenvalue weighted by Gasteiger charge is 2.37. The molecule has 1 saturated heterocycles. The molecule has 4 nitrogen and oxygen atoms in total. The maximum atomic E-state index is 12.4. The van der Waals surface area contributed by atoms with Crippen LogP contribution in [0, 0.1) is 0 Å². The highest BCUT2D eigenvalue weighted by molar-refractivity contribution is 6.30. The monoisotopic (exact) mass is 310 g/mol. The van der Waals surface area contributed by atoms with Crippen molar-refractivity contribution in [2.45, 2.75) is 38.9 Å². The number of rotatable bonds is 7. The van der Waals surface area contributed by atoms with Crippen LogP contribution in [0.5, 0.6) is 0 Å². The van der Waals surface area contributed by atoms with Crippen LogP contribution in [0.25, 0.3) is 0 Å². The zero-order valence-corrected chi connectivity index (χ0v) is 13.4. The zero-order valence-electron chi connectivity index (χ0n) is 12.6. The largest absolute Gasteiger partial charge is 0.382 e. The molecule has 0 aliphatic carbocycles. The average molecular weight is 311 g/mol. The molecule has 0 saturated carbocycles. The fourth-order valence-electron chi connectivity index (χ4n) is 2.61. The van der Waals surface area contributed by atoms with Gasteiger partial charge in [-0.15, -0.1) is 0 Å². The van der Waals surface area contributed by atoms with Gasteiger partial charge in [0.05, 0.1) is 6.04 Å². The number of nitrogens with zero attached hydrogens (tertiary/aromatic N) is 1. The molecule has 1 N–H and O–H groups in total. The minimum absolute atomic E-state index is 0.0682. The van der Waals surface area contributed by atoms with Crippen LogP contribution in [0.3, 0.4) is 0 Å². The summed E-state index contributed by atoms with van der Waals surface area (Å²) in [6.07, 6.45) is 1.58. The van der Waals surface area contributed by atoms with Crippen molar-refractivity contribution in [2.24, 2.45) is 0 Å². The van der Waals surface area contributed by atoms with E-state index in [-0.39, 0.29) is 18.1 Å². The Bertz CT molecular complexity index is 464. The quantitative estimate of drug-likeness (QED) is 0.787. The minimum Gasteiger partial charge on any atom is -0.382 e. The number of ether oxygens (including phenoxy) is 1. The van der Waals surface area contributed by atoms with Gasteiger partial charge >= 0.3 is 0 Å². The number of halogens is 1. The molecular formula is C16H23ClN2O2. The molecule has 1 aliphatic rings. The van der Waals surface area contributed by atoms with Crippen LogP contribution in [-0.2, 0) is 9.53 Å². The van der Waals surface area contributed by atoms with E-state index in [4.69, 9.17) is 16.3 Å². The lowest BCUT2D eigenvalue weighted by Gasteiger charge is -2.24. The lowest BCUT2D eigenvalue weighted by Crippen LogP contribution is -2.32. The Morgan fingerprint density at radius 2 is 2.00 bits per heavy atom. The Morgan fingerprint density at radius 1 is 1.29 bits per heavy atom. The van der Waals surface area contributed by atoms with Crippen LogP contribution < -0.4 is 5.32 Å². The van der Waals surface area contributed by atoms with Crippen LogP contribution in [0.1, 0.15) is 38.4 Å². The van der Waals surface area contributed by atoms with Crippen molar-refractivity contribution in [3.05, 3.63) is 34.9 Å². The molecule has 0 radical (unpaired) electrons. The van der Waals surface area contributed by atoms with Crippen LogP contribution in [0.15, 0.2) is 24.3 Å². The van der Waals surface area contributed by atoms with E-state index < -0.39 is 0 Å². The molecule has 5 heteroatoms. The van der Waals surface area contributed by atoms with Gasteiger partial charge in [-0.3, -0.25) is 10.1 Å². The van der Waals surface area contributed by atoms with Crippen molar-refractivity contribution < 1.29 is 9.53 Å². The molecule has 0 spiro atoms. The summed E-state index contributed by atoms with van der Waals surface area (Å²) in [4.78, 5) is 14.4. The Balaban J connectivity index is 2.08. The second-order valence-corrected chi connectivity index (χ2v) is 5.60. The molecule has 0 aromatic heterocycles. The zero-order chi connectivity index (χ0) is 15.2. The molecule has 1 heterocycles. The summed E-state index contributed by atoms with van der Waals surface area (Å²) in [5.74, 6) is 0.175. The van der Waals surface area contributed by atoms with Gasteiger partial charge in [0.15, 0.2) is 0 Å². The lowest BCUT2D eigenvalue weighted by molar-refractivity contribution is -0.130. The van der Waals surface area contributed by atoms with Gasteiger partial charge in [-0.2, -0.15) is 0 Å². The minimum atomic E-state index is -0.0993. The molecule has 1 aromatic carbocycles. The molecule has 116 valence electrons. The smallest absolute Gasteiger partial charge is 0.241 e. The second kappa shape index (κ2) is 7.78. The molecule has 2 rings (SSSR count). The van der Waals surface area contributed by atoms with Gasteiger partial charge < -0.3 is 9.64 Å². The predicted molar refractivity (Wildman–Crippen MR) is 84.2 cm³/mol. The standard InChI is InChI=1S/C16H23ClN2O2/c1-3-14-16(20)19(10-5-11-21-4-2)15(18-14)12-6-8-13(17)9-7-12/h6-9,14-15,18H,3-5,10-11H2,1-2H3. The number of nitrogens with one attached hydrogen (secondary N) is 1. The van der Waals surface area contributed by atoms with E-state index in [0.29, 0.717) is 24.8 Å². The van der Waals surface area contributed by atoms with Crippen molar-refractivity contribution >= 4 is 17.5 Å². The van der Waals surface area contributed by atoms with Crippen molar-refractivity contribution in [3.63, 3.8) is 0 Å². The summed E-state index contributed by atoms with van der Waals surface area (Å²) >= 11 is 5.94. The van der Waals surface area contributed by atoms with Crippen molar-refractivity contribution in [1.29, 1.82) is 0 Å². The van der Waals surface area contributed by atoms with Gasteiger partial charge in [-0.25, -0.2) is 0 Å². The average Bonchev–Trinajstić information content (AvgIpc) is 2.81. The van der Waals surface area contributed by atoms with Gasteiger partial charge in [-0.05, 0) is 37.5 Å². The van der Waals surface area contributed by atoms with Gasteiger partial charge in [0.1, 0.15) is 6.17 Å². The van der Waals surface area contributed by atoms with Gasteiger partial charge in [0, 0.05) is 24.8 Å². The van der Waals surface area contributed by atoms with E-state index in [9.17, 15) is 4.79 Å². The molecule has 1 fully saturated rings. The Morgan fingerprint density at radius 3 is 2.62 bits per heavy atom. The third-order valence-electron chi connectivity index (χ3n) is 3.74. The van der Waals surface area contributed by atoms with E-state index in [0.717, 1.165) is 18.4 Å². The summed E-state index contributed by atoms with van der Waals surface area (Å²) in [5, 5.41) is 4.12. The fourth-order valence-corrected chi connectivity index (χ4v) is 2.74. The van der Waals surface area contributed by atoms with Gasteiger partial charge in [0.25, 0.3) is 0 Å². The molecule has 1 aliphatic heterocycles. The highest BCUT2D eigenvalue weighted by Crippen LogP contribution is 2.27. The molecule has 1 amide bonds. The summed E-state index contributed by atoms with van der Waals surface area (Å²) in [7, 11) is 0. The molecule has 0 bridgehead atoms. The van der Waals surface area contributed by atoms with Crippen LogP contribution in [0.4, 0.5) is 0 Å². The highest BCUT2D eigenvalue weighted by atomic mass is 35.5. The molecule has 1 aromatic rings. The summed E-state index contributed by atoms with van der Waals surface area (Å²) in [5.41, 5.74) is 1.07. The van der Waals surface area contributed by atoms with E-state index in [1.807, 2.05) is 43.0 Å². The predicted octanol–water partition coefficient (Wildman–Crippen LogP) is 2.98. The first-order chi connectivity index (χ1) is 10.2. The van der Waals surface area contributed by atoms with Gasteiger partial charge in [0.2, 0.25) is 5.91 Å². The number of carbonyl (C=O) groups is 1. The fraction of sp³-hybridized carbons (Fsp3) is 0.562. The third-order valence-corrected chi connectivity index (χ3v) is 3.99. The first kappa shape index (κ1) is 16.3. The molecular weight excluding hydrogens is 288 g/mol. The topological polar surface area (TPSA) is 41.6 Å². The SMILES string of the molecule is CCOCCCN1C(=O)C(CC)NC1c1ccc(Cl)cc1. The maximum absolute atomic E-state index is 12.4. The van der Waals surface area contributed by atoms with Crippen molar-refractivity contribution in [1.82, 2.24) is 10.2 Å². The maximum Gasteiger partial charge on any atom is 0.241 e. The number of amides is 1. The van der Waals surface area contributed by atoms with Gasteiger partial charge in [-0.1, -0.05) is 30.7 Å². The van der Waals surface area contributed by atoms with Crippen LogP contribution in [0.2, 0.25) is 5.02 Å². The summed E-state index contributed by atoms with van der Waals surface area (Å²) in [6.45, 7) is 6.11. The molecule has 21 heavy (non-hydrogen) atoms. The number of carbonyl (C=O) groups excluding carboxylic acids is 1. The Kier molecular flexibility index (Phi) is 6.03. The molecule has 2 unspecified atom stereocenters. The second-order valence-electron chi connectivity index (χ2n) is 5.16. The summed E-state index contributed by atoms with van der Waals surface area (Å²) in [6, 6.07) is 7.57. The first-order valence-electron chi connectivity index (χ1n) is 7.57. The lowest BCUT2D eigenvalue weighted by atomic mass is 10.1. The normalized spacial score (nSPS) is 22.0. The molecule has 2 atom stereocenters. The van der Waals surface area contributed by atoms with Crippen LogP contribution >= 0.6 is 11.6 Å². The number of benzene rings is 1. The number of hydrogen-bond donors (Lipinski definition) is 1. The third kappa shape index (κ3) is 3.96. The van der Waals surface area contributed by atoms with E-state index in [1.54, 1.807) is 0 Å². The van der Waals surface area contributed by atoms with E-state index >= 15 is 0 Å². The van der Waals surface area contributed by atoms with Crippen molar-refractivity contribution in [3.8, 4) is 0 Å². The van der Waals surface area contributed by atoms with Crippen LogP contribution in [-0.4, -0.2) is 36.6 Å².